The summed E-state index contributed by atoms with van der Waals surface area (Å²) in [5.74, 6) is -0.476. The lowest BCUT2D eigenvalue weighted by molar-refractivity contribution is -0.200. The van der Waals surface area contributed by atoms with Gasteiger partial charge in [0.1, 0.15) is 17.8 Å². The van der Waals surface area contributed by atoms with Crippen molar-refractivity contribution in [3.05, 3.63) is 29.3 Å². The first-order valence-electron chi connectivity index (χ1n) is 10.2. The number of carboxylic acid groups (broad SMARTS) is 1. The second-order valence-electron chi connectivity index (χ2n) is 8.14. The Labute approximate surface area is 183 Å². The number of ether oxygens (including phenoxy) is 2. The van der Waals surface area contributed by atoms with E-state index in [2.05, 4.69) is 4.74 Å². The number of nitrogens with zero attached hydrogens (tertiary/aromatic N) is 3. The van der Waals surface area contributed by atoms with E-state index >= 15 is 0 Å². The Bertz CT molecular complexity index is 903. The van der Waals surface area contributed by atoms with Gasteiger partial charge in [-0.1, -0.05) is 6.07 Å². The molecule has 1 aromatic rings. The molecule has 0 bridgehead atoms. The van der Waals surface area contributed by atoms with Gasteiger partial charge in [0.2, 0.25) is 0 Å². The average Bonchev–Trinajstić information content (AvgIpc) is 3.54. The van der Waals surface area contributed by atoms with Gasteiger partial charge in [-0.25, -0.2) is 4.79 Å². The van der Waals surface area contributed by atoms with Gasteiger partial charge in [-0.2, -0.15) is 18.4 Å². The smallest absolute Gasteiger partial charge is 0.425 e. The predicted molar refractivity (Wildman–Crippen MR) is 105 cm³/mol. The molecule has 1 aliphatic heterocycles. The summed E-state index contributed by atoms with van der Waals surface area (Å²) >= 11 is 0. The van der Waals surface area contributed by atoms with E-state index in [9.17, 15) is 27.9 Å². The van der Waals surface area contributed by atoms with E-state index in [-0.39, 0.29) is 19.7 Å². The van der Waals surface area contributed by atoms with Crippen molar-refractivity contribution in [1.29, 1.82) is 5.26 Å². The molecule has 1 heterocycles. The van der Waals surface area contributed by atoms with Crippen molar-refractivity contribution < 1.29 is 37.3 Å². The summed E-state index contributed by atoms with van der Waals surface area (Å²) in [5.41, 5.74) is 0.265. The van der Waals surface area contributed by atoms with E-state index in [4.69, 9.17) is 10.00 Å². The molecule has 1 amide bonds. The van der Waals surface area contributed by atoms with Crippen LogP contribution >= 0.6 is 0 Å². The van der Waals surface area contributed by atoms with Crippen LogP contribution in [0, 0.1) is 16.7 Å². The van der Waals surface area contributed by atoms with Gasteiger partial charge >= 0.3 is 18.2 Å². The van der Waals surface area contributed by atoms with Crippen LogP contribution in [0.3, 0.4) is 0 Å². The number of carbonyl (C=O) groups excluding carboxylic acids is 1. The Balaban J connectivity index is 1.58. The highest BCUT2D eigenvalue weighted by atomic mass is 19.4. The molecule has 1 unspecified atom stereocenters. The average molecular weight is 455 g/mol. The fourth-order valence-corrected chi connectivity index (χ4v) is 3.30. The molecule has 1 aromatic carbocycles. The number of amides is 1. The molecular formula is C21H24F3N3O5. The van der Waals surface area contributed by atoms with Gasteiger partial charge in [-0.3, -0.25) is 9.69 Å². The SMILES string of the molecule is CC(OC(=O)N1CCN(Cc2ccc(C#N)cc2OCC2(C(=O)O)CC2)CC1)C(F)(F)F. The van der Waals surface area contributed by atoms with Crippen molar-refractivity contribution in [2.75, 3.05) is 32.8 Å². The van der Waals surface area contributed by atoms with Gasteiger partial charge in [-0.05, 0) is 31.9 Å². The number of alkyl halides is 3. The number of benzene rings is 1. The second kappa shape index (κ2) is 9.24. The number of carbonyl (C=O) groups is 2. The number of rotatable bonds is 7. The molecule has 2 aliphatic rings. The van der Waals surface area contributed by atoms with Crippen LogP contribution in [0.2, 0.25) is 0 Å². The van der Waals surface area contributed by atoms with Crippen molar-refractivity contribution >= 4 is 12.1 Å². The topological polar surface area (TPSA) is 103 Å². The molecule has 0 radical (unpaired) electrons. The summed E-state index contributed by atoms with van der Waals surface area (Å²) in [6.07, 6.45) is -6.70. The van der Waals surface area contributed by atoms with Crippen molar-refractivity contribution in [2.24, 2.45) is 5.41 Å². The minimum atomic E-state index is -4.61. The number of hydrogen-bond donors (Lipinski definition) is 1. The third kappa shape index (κ3) is 5.62. The number of hydrogen-bond acceptors (Lipinski definition) is 6. The lowest BCUT2D eigenvalue weighted by Gasteiger charge is -2.35. The second-order valence-corrected chi connectivity index (χ2v) is 8.14. The summed E-state index contributed by atoms with van der Waals surface area (Å²) in [4.78, 5) is 26.6. The Morgan fingerprint density at radius 2 is 1.91 bits per heavy atom. The maximum Gasteiger partial charge on any atom is 0.425 e. The van der Waals surface area contributed by atoms with Gasteiger partial charge in [0.25, 0.3) is 0 Å². The third-order valence-corrected chi connectivity index (χ3v) is 5.77. The van der Waals surface area contributed by atoms with E-state index in [1.54, 1.807) is 18.2 Å². The van der Waals surface area contributed by atoms with Crippen LogP contribution in [0.4, 0.5) is 18.0 Å². The van der Waals surface area contributed by atoms with E-state index < -0.39 is 29.8 Å². The van der Waals surface area contributed by atoms with Crippen molar-refractivity contribution in [3.63, 3.8) is 0 Å². The molecule has 1 saturated carbocycles. The summed E-state index contributed by atoms with van der Waals surface area (Å²) in [6.45, 7) is 2.46. The monoisotopic (exact) mass is 455 g/mol. The highest BCUT2D eigenvalue weighted by molar-refractivity contribution is 5.78. The lowest BCUT2D eigenvalue weighted by atomic mass is 10.1. The Hall–Kier alpha value is -3.00. The van der Waals surface area contributed by atoms with Crippen molar-refractivity contribution in [1.82, 2.24) is 9.80 Å². The van der Waals surface area contributed by atoms with Crippen LogP contribution < -0.4 is 4.74 Å². The quantitative estimate of drug-likeness (QED) is 0.674. The number of piperazine rings is 1. The maximum absolute atomic E-state index is 12.6. The standard InChI is InChI=1S/C21H24F3N3O5/c1-14(21(22,23)24)32-19(30)27-8-6-26(7-9-27)12-16-3-2-15(11-25)10-17(16)31-13-20(4-5-20)18(28)29/h2-3,10,14H,4-9,12-13H2,1H3,(H,28,29). The van der Waals surface area contributed by atoms with Crippen LogP contribution in [0.5, 0.6) is 5.75 Å². The van der Waals surface area contributed by atoms with Crippen LogP contribution in [0.25, 0.3) is 0 Å². The third-order valence-electron chi connectivity index (χ3n) is 5.77. The van der Waals surface area contributed by atoms with Gasteiger partial charge in [0.15, 0.2) is 6.10 Å². The molecule has 0 spiro atoms. The van der Waals surface area contributed by atoms with Crippen LogP contribution in [-0.4, -0.2) is 72.0 Å². The zero-order valence-corrected chi connectivity index (χ0v) is 17.5. The number of aliphatic carboxylic acids is 1. The Morgan fingerprint density at radius 3 is 2.44 bits per heavy atom. The first-order valence-corrected chi connectivity index (χ1v) is 10.2. The van der Waals surface area contributed by atoms with Gasteiger partial charge in [-0.15, -0.1) is 0 Å². The molecule has 174 valence electrons. The van der Waals surface area contributed by atoms with Gasteiger partial charge in [0, 0.05) is 38.3 Å². The largest absolute Gasteiger partial charge is 0.492 e. The molecule has 0 aromatic heterocycles. The zero-order valence-electron chi connectivity index (χ0n) is 17.5. The fraction of sp³-hybridized carbons (Fsp3) is 0.571. The van der Waals surface area contributed by atoms with Crippen LogP contribution in [-0.2, 0) is 16.1 Å². The van der Waals surface area contributed by atoms with Gasteiger partial charge < -0.3 is 19.5 Å². The fourth-order valence-electron chi connectivity index (χ4n) is 3.30. The Morgan fingerprint density at radius 1 is 1.25 bits per heavy atom. The van der Waals surface area contributed by atoms with E-state index in [0.29, 0.717) is 43.8 Å². The normalized spacial score (nSPS) is 19.0. The molecule has 1 atom stereocenters. The first kappa shape index (κ1) is 23.7. The van der Waals surface area contributed by atoms with E-state index in [0.717, 1.165) is 12.5 Å². The highest BCUT2D eigenvalue weighted by Gasteiger charge is 2.51. The minimum Gasteiger partial charge on any atom is -0.492 e. The molecular weight excluding hydrogens is 431 g/mol. The van der Waals surface area contributed by atoms with E-state index in [1.165, 1.54) is 4.90 Å². The van der Waals surface area contributed by atoms with Crippen molar-refractivity contribution in [3.8, 4) is 11.8 Å². The summed E-state index contributed by atoms with van der Waals surface area (Å²) in [6, 6.07) is 6.97. The zero-order chi connectivity index (χ0) is 23.5. The number of halogens is 3. The van der Waals surface area contributed by atoms with Crippen LogP contribution in [0.1, 0.15) is 30.9 Å². The maximum atomic E-state index is 12.6. The molecule has 1 aliphatic carbocycles. The number of nitriles is 1. The molecule has 11 heteroatoms. The number of carboxylic acids is 1. The van der Waals surface area contributed by atoms with Crippen LogP contribution in [0.15, 0.2) is 18.2 Å². The summed E-state index contributed by atoms with van der Waals surface area (Å²) in [7, 11) is 0. The van der Waals surface area contributed by atoms with Gasteiger partial charge in [0.05, 0.1) is 11.6 Å². The molecule has 32 heavy (non-hydrogen) atoms. The van der Waals surface area contributed by atoms with Crippen molar-refractivity contribution in [2.45, 2.75) is 38.6 Å². The molecule has 3 rings (SSSR count). The molecule has 1 N–H and O–H groups in total. The highest BCUT2D eigenvalue weighted by Crippen LogP contribution is 2.46. The molecule has 8 nitrogen and oxygen atoms in total. The minimum absolute atomic E-state index is 0.0151. The first-order chi connectivity index (χ1) is 15.0. The predicted octanol–water partition coefficient (Wildman–Crippen LogP) is 3.01. The molecule has 1 saturated heterocycles. The summed E-state index contributed by atoms with van der Waals surface area (Å²) < 4.78 is 48.0. The lowest BCUT2D eigenvalue weighted by Crippen LogP contribution is -2.49. The Kier molecular flexibility index (Phi) is 6.83. The van der Waals surface area contributed by atoms with E-state index in [1.807, 2.05) is 11.0 Å². The summed E-state index contributed by atoms with van der Waals surface area (Å²) in [5, 5.41) is 18.5. The molecule has 2 fully saturated rings.